The fourth-order valence-corrected chi connectivity index (χ4v) is 1.45. The van der Waals surface area contributed by atoms with E-state index in [0.717, 1.165) is 12.1 Å². The zero-order chi connectivity index (χ0) is 16.8. The van der Waals surface area contributed by atoms with E-state index in [1.807, 2.05) is 0 Å². The van der Waals surface area contributed by atoms with Crippen LogP contribution in [0.5, 0.6) is 5.75 Å². The summed E-state index contributed by atoms with van der Waals surface area (Å²) in [5.41, 5.74) is 4.84. The Morgan fingerprint density at radius 3 is 2.09 bits per heavy atom. The van der Waals surface area contributed by atoms with Crippen molar-refractivity contribution in [3.05, 3.63) is 59.7 Å². The predicted molar refractivity (Wildman–Crippen MR) is 75.8 cm³/mol. The molecule has 0 bridgehead atoms. The van der Waals surface area contributed by atoms with Gasteiger partial charge < -0.3 is 15.6 Å². The Morgan fingerprint density at radius 1 is 1.14 bits per heavy atom. The summed E-state index contributed by atoms with van der Waals surface area (Å²) in [6.07, 6.45) is -4.30. The van der Waals surface area contributed by atoms with Crippen molar-refractivity contribution in [2.75, 3.05) is 12.8 Å². The van der Waals surface area contributed by atoms with Gasteiger partial charge in [0.2, 0.25) is 0 Å². The number of nitrogen functional groups attached to an aromatic ring is 1. The molecular weight excluding hydrogens is 299 g/mol. The Labute approximate surface area is 124 Å². The smallest absolute Gasteiger partial charge is 0.416 e. The van der Waals surface area contributed by atoms with Gasteiger partial charge in [0.1, 0.15) is 5.75 Å². The number of benzene rings is 2. The van der Waals surface area contributed by atoms with E-state index in [1.54, 1.807) is 12.1 Å². The molecule has 2 rings (SSSR count). The zero-order valence-electron chi connectivity index (χ0n) is 11.6. The number of carbonyl (C=O) groups is 1. The van der Waals surface area contributed by atoms with E-state index in [-0.39, 0.29) is 11.3 Å². The maximum absolute atomic E-state index is 11.9. The Balaban J connectivity index is 0.000000220. The van der Waals surface area contributed by atoms with Crippen molar-refractivity contribution in [2.45, 2.75) is 6.18 Å². The molecule has 0 aromatic heterocycles. The van der Waals surface area contributed by atoms with Gasteiger partial charge in [0, 0.05) is 5.69 Å². The molecule has 0 amide bonds. The lowest BCUT2D eigenvalue weighted by molar-refractivity contribution is -0.137. The largest absolute Gasteiger partial charge is 0.497 e. The van der Waals surface area contributed by atoms with Gasteiger partial charge in [0.15, 0.2) is 0 Å². The Bertz CT molecular complexity index is 625. The quantitative estimate of drug-likeness (QED) is 0.830. The molecule has 7 heteroatoms. The summed E-state index contributed by atoms with van der Waals surface area (Å²) in [6.45, 7) is 0. The number of halogens is 3. The second-order valence-electron chi connectivity index (χ2n) is 4.16. The third kappa shape index (κ3) is 5.35. The number of anilines is 1. The van der Waals surface area contributed by atoms with Crippen molar-refractivity contribution >= 4 is 11.7 Å². The van der Waals surface area contributed by atoms with Crippen LogP contribution in [-0.2, 0) is 6.18 Å². The number of hydrogen-bond acceptors (Lipinski definition) is 3. The standard InChI is InChI=1S/C8H8O3.C7H6F3N/c1-11-7-4-2-6(3-5-7)8(9)10;8-7(9,10)5-2-1-3-6(11)4-5/h2-5H,1H3,(H,9,10);1-4H,11H2. The molecule has 0 spiro atoms. The number of hydrogen-bond donors (Lipinski definition) is 2. The predicted octanol–water partition coefficient (Wildman–Crippen LogP) is 3.68. The van der Waals surface area contributed by atoms with E-state index in [4.69, 9.17) is 15.6 Å². The van der Waals surface area contributed by atoms with Crippen LogP contribution in [0.2, 0.25) is 0 Å². The summed E-state index contributed by atoms with van der Waals surface area (Å²) in [4.78, 5) is 10.4. The molecule has 4 nitrogen and oxygen atoms in total. The van der Waals surface area contributed by atoms with Crippen molar-refractivity contribution in [2.24, 2.45) is 0 Å². The van der Waals surface area contributed by atoms with Gasteiger partial charge in [0.05, 0.1) is 18.2 Å². The molecule has 0 radical (unpaired) electrons. The highest BCUT2D eigenvalue weighted by Crippen LogP contribution is 2.29. The van der Waals surface area contributed by atoms with Crippen LogP contribution in [0.25, 0.3) is 0 Å². The molecule has 0 atom stereocenters. The third-order valence-corrected chi connectivity index (χ3v) is 2.55. The first-order chi connectivity index (χ1) is 10.2. The first kappa shape index (κ1) is 17.4. The van der Waals surface area contributed by atoms with Gasteiger partial charge in [-0.1, -0.05) is 6.07 Å². The SMILES string of the molecule is COc1ccc(C(=O)O)cc1.Nc1cccc(C(F)(F)F)c1. The second-order valence-corrected chi connectivity index (χ2v) is 4.16. The fraction of sp³-hybridized carbons (Fsp3) is 0.133. The van der Waals surface area contributed by atoms with Crippen LogP contribution in [0.3, 0.4) is 0 Å². The highest BCUT2D eigenvalue weighted by Gasteiger charge is 2.30. The molecule has 0 saturated heterocycles. The summed E-state index contributed by atoms with van der Waals surface area (Å²) in [5.74, 6) is -0.261. The lowest BCUT2D eigenvalue weighted by atomic mass is 10.2. The number of aromatic carboxylic acids is 1. The molecule has 0 unspecified atom stereocenters. The van der Waals surface area contributed by atoms with Gasteiger partial charge in [0.25, 0.3) is 0 Å². The van der Waals surface area contributed by atoms with Crippen LogP contribution >= 0.6 is 0 Å². The number of carboxylic acids is 1. The van der Waals surface area contributed by atoms with E-state index in [0.29, 0.717) is 5.75 Å². The molecule has 118 valence electrons. The second kappa shape index (κ2) is 7.35. The molecule has 0 saturated carbocycles. The van der Waals surface area contributed by atoms with Crippen molar-refractivity contribution in [3.8, 4) is 5.75 Å². The number of ether oxygens (including phenoxy) is 1. The van der Waals surface area contributed by atoms with Crippen molar-refractivity contribution in [3.63, 3.8) is 0 Å². The Morgan fingerprint density at radius 2 is 1.73 bits per heavy atom. The molecular formula is C15H14F3NO3. The van der Waals surface area contributed by atoms with Crippen LogP contribution in [0.4, 0.5) is 18.9 Å². The number of alkyl halides is 3. The molecule has 2 aromatic rings. The molecule has 0 aliphatic heterocycles. The molecule has 0 aliphatic rings. The van der Waals surface area contributed by atoms with Crippen LogP contribution in [0.1, 0.15) is 15.9 Å². The van der Waals surface area contributed by atoms with Crippen molar-refractivity contribution in [1.82, 2.24) is 0 Å². The van der Waals surface area contributed by atoms with Crippen LogP contribution < -0.4 is 10.5 Å². The van der Waals surface area contributed by atoms with Gasteiger partial charge in [-0.15, -0.1) is 0 Å². The molecule has 0 aliphatic carbocycles. The minimum absolute atomic E-state index is 0.125. The summed E-state index contributed by atoms with van der Waals surface area (Å²) in [6, 6.07) is 10.8. The van der Waals surface area contributed by atoms with Crippen LogP contribution in [-0.4, -0.2) is 18.2 Å². The topological polar surface area (TPSA) is 72.5 Å². The van der Waals surface area contributed by atoms with Crippen molar-refractivity contribution in [1.29, 1.82) is 0 Å². The molecule has 3 N–H and O–H groups in total. The van der Waals surface area contributed by atoms with Gasteiger partial charge in [-0.05, 0) is 42.5 Å². The Hall–Kier alpha value is -2.70. The van der Waals surface area contributed by atoms with Gasteiger partial charge in [-0.25, -0.2) is 4.79 Å². The number of nitrogens with two attached hydrogens (primary N) is 1. The van der Waals surface area contributed by atoms with E-state index >= 15 is 0 Å². The minimum Gasteiger partial charge on any atom is -0.497 e. The fourth-order valence-electron chi connectivity index (χ4n) is 1.45. The molecule has 0 fully saturated rings. The monoisotopic (exact) mass is 313 g/mol. The van der Waals surface area contributed by atoms with Gasteiger partial charge in [-0.2, -0.15) is 13.2 Å². The average molecular weight is 313 g/mol. The molecule has 22 heavy (non-hydrogen) atoms. The minimum atomic E-state index is -4.30. The number of methoxy groups -OCH3 is 1. The van der Waals surface area contributed by atoms with E-state index < -0.39 is 17.7 Å². The lowest BCUT2D eigenvalue weighted by Crippen LogP contribution is -2.04. The van der Waals surface area contributed by atoms with Crippen LogP contribution in [0, 0.1) is 0 Å². The highest BCUT2D eigenvalue weighted by molar-refractivity contribution is 5.87. The summed E-state index contributed by atoms with van der Waals surface area (Å²) < 4.78 is 40.6. The zero-order valence-corrected chi connectivity index (χ0v) is 11.6. The first-order valence-electron chi connectivity index (χ1n) is 6.04. The maximum atomic E-state index is 11.9. The third-order valence-electron chi connectivity index (χ3n) is 2.55. The first-order valence-corrected chi connectivity index (χ1v) is 6.04. The van der Waals surface area contributed by atoms with Gasteiger partial charge in [-0.3, -0.25) is 0 Å². The Kier molecular flexibility index (Phi) is 5.80. The summed E-state index contributed by atoms with van der Waals surface area (Å²) >= 11 is 0. The van der Waals surface area contributed by atoms with Crippen molar-refractivity contribution < 1.29 is 27.8 Å². The lowest BCUT2D eigenvalue weighted by Gasteiger charge is -2.05. The maximum Gasteiger partial charge on any atom is 0.416 e. The molecule has 0 heterocycles. The van der Waals surface area contributed by atoms with Gasteiger partial charge >= 0.3 is 12.1 Å². The summed E-state index contributed by atoms with van der Waals surface area (Å²) in [5, 5.41) is 8.51. The normalized spacial score (nSPS) is 10.4. The van der Waals surface area contributed by atoms with E-state index in [1.165, 1.54) is 31.4 Å². The van der Waals surface area contributed by atoms with E-state index in [2.05, 4.69) is 0 Å². The number of carboxylic acid groups (broad SMARTS) is 1. The summed E-state index contributed by atoms with van der Waals surface area (Å²) in [7, 11) is 1.54. The number of rotatable bonds is 2. The average Bonchev–Trinajstić information content (AvgIpc) is 2.47. The van der Waals surface area contributed by atoms with Crippen LogP contribution in [0.15, 0.2) is 48.5 Å². The molecule has 2 aromatic carbocycles. The van der Waals surface area contributed by atoms with E-state index in [9.17, 15) is 18.0 Å². The highest BCUT2D eigenvalue weighted by atomic mass is 19.4.